The Morgan fingerprint density at radius 3 is 2.82 bits per heavy atom. The van der Waals surface area contributed by atoms with Gasteiger partial charge in [0.15, 0.2) is 11.4 Å². The minimum atomic E-state index is 0.0321. The van der Waals surface area contributed by atoms with Gasteiger partial charge in [0, 0.05) is 11.3 Å². The number of hydrogen-bond acceptors (Lipinski definition) is 3. The van der Waals surface area contributed by atoms with Crippen LogP contribution in [0.4, 0.5) is 0 Å². The summed E-state index contributed by atoms with van der Waals surface area (Å²) >= 11 is 0. The maximum Gasteiger partial charge on any atom is 0.177 e. The van der Waals surface area contributed by atoms with Crippen molar-refractivity contribution in [3.05, 3.63) is 29.5 Å². The van der Waals surface area contributed by atoms with Gasteiger partial charge in [-0.2, -0.15) is 0 Å². The molecule has 88 valence electrons. The highest BCUT2D eigenvalue weighted by molar-refractivity contribution is 6.05. The summed E-state index contributed by atoms with van der Waals surface area (Å²) in [5.74, 6) is 0.545. The molecule has 0 radical (unpaired) electrons. The van der Waals surface area contributed by atoms with Crippen molar-refractivity contribution in [1.82, 2.24) is 5.16 Å². The van der Waals surface area contributed by atoms with Gasteiger partial charge in [0.1, 0.15) is 0 Å². The molecule has 3 heteroatoms. The largest absolute Gasteiger partial charge is 0.355 e. The Kier molecular flexibility index (Phi) is 2.46. The van der Waals surface area contributed by atoms with Gasteiger partial charge >= 0.3 is 0 Å². The van der Waals surface area contributed by atoms with E-state index in [4.69, 9.17) is 4.52 Å². The number of para-hydroxylation sites is 1. The minimum Gasteiger partial charge on any atom is -0.355 e. The topological polar surface area (TPSA) is 43.1 Å². The molecular weight excluding hydrogens is 214 g/mol. The first-order valence-corrected chi connectivity index (χ1v) is 6.16. The molecule has 3 rings (SSSR count). The maximum absolute atomic E-state index is 11.5. The van der Waals surface area contributed by atoms with Gasteiger partial charge in [0.2, 0.25) is 0 Å². The van der Waals surface area contributed by atoms with Crippen LogP contribution in [-0.4, -0.2) is 10.9 Å². The zero-order valence-corrected chi connectivity index (χ0v) is 9.90. The summed E-state index contributed by atoms with van der Waals surface area (Å²) in [5.41, 5.74) is 2.33. The SMILES string of the molecule is CC(=O)c1cccc2c(C3CCCC3)noc12. The third-order valence-corrected chi connectivity index (χ3v) is 3.65. The summed E-state index contributed by atoms with van der Waals surface area (Å²) < 4.78 is 5.38. The van der Waals surface area contributed by atoms with E-state index >= 15 is 0 Å². The van der Waals surface area contributed by atoms with Crippen molar-refractivity contribution in [2.75, 3.05) is 0 Å². The van der Waals surface area contributed by atoms with E-state index in [2.05, 4.69) is 5.16 Å². The van der Waals surface area contributed by atoms with E-state index in [9.17, 15) is 4.79 Å². The molecular formula is C14H15NO2. The summed E-state index contributed by atoms with van der Waals surface area (Å²) in [6.45, 7) is 1.56. The zero-order chi connectivity index (χ0) is 11.8. The smallest absolute Gasteiger partial charge is 0.177 e. The molecule has 1 aliphatic carbocycles. The Morgan fingerprint density at radius 2 is 2.12 bits per heavy atom. The van der Waals surface area contributed by atoms with E-state index in [1.165, 1.54) is 25.7 Å². The Hall–Kier alpha value is -1.64. The predicted octanol–water partition coefficient (Wildman–Crippen LogP) is 3.69. The van der Waals surface area contributed by atoms with Gasteiger partial charge in [-0.3, -0.25) is 4.79 Å². The number of aromatic nitrogens is 1. The van der Waals surface area contributed by atoms with E-state index in [1.54, 1.807) is 13.0 Å². The molecule has 0 spiro atoms. The molecule has 3 nitrogen and oxygen atoms in total. The normalized spacial score (nSPS) is 16.8. The second-order valence-electron chi connectivity index (χ2n) is 4.79. The molecule has 0 amide bonds. The van der Waals surface area contributed by atoms with Crippen LogP contribution >= 0.6 is 0 Å². The molecule has 2 aromatic rings. The van der Waals surface area contributed by atoms with Gasteiger partial charge in [-0.1, -0.05) is 24.1 Å². The first-order chi connectivity index (χ1) is 8.27. The zero-order valence-electron chi connectivity index (χ0n) is 9.90. The highest BCUT2D eigenvalue weighted by atomic mass is 16.5. The van der Waals surface area contributed by atoms with Crippen molar-refractivity contribution in [1.29, 1.82) is 0 Å². The molecule has 0 N–H and O–H groups in total. The molecule has 1 heterocycles. The highest BCUT2D eigenvalue weighted by Crippen LogP contribution is 2.37. The van der Waals surface area contributed by atoms with E-state index in [-0.39, 0.29) is 5.78 Å². The van der Waals surface area contributed by atoms with E-state index < -0.39 is 0 Å². The van der Waals surface area contributed by atoms with Gasteiger partial charge in [-0.05, 0) is 31.9 Å². The summed E-state index contributed by atoms with van der Waals surface area (Å²) in [6.07, 6.45) is 4.91. The molecule has 0 bridgehead atoms. The summed E-state index contributed by atoms with van der Waals surface area (Å²) in [4.78, 5) is 11.5. The molecule has 1 aliphatic rings. The number of hydrogen-bond donors (Lipinski definition) is 0. The van der Waals surface area contributed by atoms with Crippen LogP contribution in [0.2, 0.25) is 0 Å². The van der Waals surface area contributed by atoms with Crippen molar-refractivity contribution in [3.8, 4) is 0 Å². The average molecular weight is 229 g/mol. The van der Waals surface area contributed by atoms with Crippen LogP contribution in [0.1, 0.15) is 54.6 Å². The molecule has 0 saturated heterocycles. The number of ketones is 1. The molecule has 1 saturated carbocycles. The number of nitrogens with zero attached hydrogens (tertiary/aromatic N) is 1. The Bertz CT molecular complexity index is 565. The number of fused-ring (bicyclic) bond motifs is 1. The van der Waals surface area contributed by atoms with Crippen LogP contribution < -0.4 is 0 Å². The van der Waals surface area contributed by atoms with Gasteiger partial charge in [0.05, 0.1) is 11.3 Å². The summed E-state index contributed by atoms with van der Waals surface area (Å²) in [5, 5.41) is 5.21. The number of benzene rings is 1. The fourth-order valence-electron chi connectivity index (χ4n) is 2.75. The first kappa shape index (κ1) is 10.5. The molecule has 1 aromatic carbocycles. The third-order valence-electron chi connectivity index (χ3n) is 3.65. The Balaban J connectivity index is 2.15. The lowest BCUT2D eigenvalue weighted by Gasteiger charge is -2.03. The van der Waals surface area contributed by atoms with Crippen molar-refractivity contribution < 1.29 is 9.32 Å². The number of rotatable bonds is 2. The number of carbonyl (C=O) groups is 1. The fraction of sp³-hybridized carbons (Fsp3) is 0.429. The summed E-state index contributed by atoms with van der Waals surface area (Å²) in [6, 6.07) is 5.72. The lowest BCUT2D eigenvalue weighted by atomic mass is 9.99. The van der Waals surface area contributed by atoms with Crippen molar-refractivity contribution in [2.24, 2.45) is 0 Å². The average Bonchev–Trinajstić information content (AvgIpc) is 2.96. The van der Waals surface area contributed by atoms with E-state index in [0.29, 0.717) is 17.1 Å². The van der Waals surface area contributed by atoms with E-state index in [0.717, 1.165) is 11.1 Å². The fourth-order valence-corrected chi connectivity index (χ4v) is 2.75. The Morgan fingerprint density at radius 1 is 1.35 bits per heavy atom. The van der Waals surface area contributed by atoms with Gasteiger partial charge in [-0.15, -0.1) is 0 Å². The van der Waals surface area contributed by atoms with Crippen LogP contribution in [0.5, 0.6) is 0 Å². The number of carbonyl (C=O) groups excluding carboxylic acids is 1. The van der Waals surface area contributed by atoms with Gasteiger partial charge in [-0.25, -0.2) is 0 Å². The van der Waals surface area contributed by atoms with Crippen molar-refractivity contribution in [2.45, 2.75) is 38.5 Å². The molecule has 1 fully saturated rings. The standard InChI is InChI=1S/C14H15NO2/c1-9(16)11-7-4-8-12-13(15-17-14(11)12)10-5-2-3-6-10/h4,7-8,10H,2-3,5-6H2,1H3. The van der Waals surface area contributed by atoms with Crippen LogP contribution in [0.25, 0.3) is 11.0 Å². The van der Waals surface area contributed by atoms with Crippen LogP contribution in [0, 0.1) is 0 Å². The van der Waals surface area contributed by atoms with Crippen molar-refractivity contribution in [3.63, 3.8) is 0 Å². The molecule has 0 aliphatic heterocycles. The van der Waals surface area contributed by atoms with Crippen LogP contribution in [-0.2, 0) is 0 Å². The first-order valence-electron chi connectivity index (χ1n) is 6.16. The molecule has 1 aromatic heterocycles. The second-order valence-corrected chi connectivity index (χ2v) is 4.79. The monoisotopic (exact) mass is 229 g/mol. The van der Waals surface area contributed by atoms with Crippen LogP contribution in [0.15, 0.2) is 22.7 Å². The number of Topliss-reactive ketones (excluding diaryl/α,β-unsaturated/α-hetero) is 1. The van der Waals surface area contributed by atoms with Crippen LogP contribution in [0.3, 0.4) is 0 Å². The maximum atomic E-state index is 11.5. The van der Waals surface area contributed by atoms with E-state index in [1.807, 2.05) is 12.1 Å². The lowest BCUT2D eigenvalue weighted by Crippen LogP contribution is -1.94. The van der Waals surface area contributed by atoms with Gasteiger partial charge < -0.3 is 4.52 Å². The Labute approximate surface area is 99.8 Å². The summed E-state index contributed by atoms with van der Waals surface area (Å²) in [7, 11) is 0. The predicted molar refractivity (Wildman–Crippen MR) is 65.2 cm³/mol. The molecule has 17 heavy (non-hydrogen) atoms. The van der Waals surface area contributed by atoms with Crippen molar-refractivity contribution >= 4 is 16.8 Å². The van der Waals surface area contributed by atoms with Gasteiger partial charge in [0.25, 0.3) is 0 Å². The molecule has 0 unspecified atom stereocenters. The molecule has 0 atom stereocenters. The lowest BCUT2D eigenvalue weighted by molar-refractivity contribution is 0.101. The minimum absolute atomic E-state index is 0.0321. The third kappa shape index (κ3) is 1.66. The quantitative estimate of drug-likeness (QED) is 0.737. The second kappa shape index (κ2) is 3.99. The highest BCUT2D eigenvalue weighted by Gasteiger charge is 2.24.